The quantitative estimate of drug-likeness (QED) is 0.537. The summed E-state index contributed by atoms with van der Waals surface area (Å²) in [5.74, 6) is -2.94. The minimum Gasteiger partial charge on any atom is -0.371 e. The predicted molar refractivity (Wildman–Crippen MR) is 106 cm³/mol. The van der Waals surface area contributed by atoms with Gasteiger partial charge in [-0.1, -0.05) is 48.0 Å². The molecule has 0 unspecified atom stereocenters. The Morgan fingerprint density at radius 1 is 1.00 bits per heavy atom. The van der Waals surface area contributed by atoms with E-state index >= 15 is 0 Å². The van der Waals surface area contributed by atoms with E-state index in [2.05, 4.69) is 5.32 Å². The summed E-state index contributed by atoms with van der Waals surface area (Å²) in [7, 11) is -3.34. The second-order valence-electron chi connectivity index (χ2n) is 6.82. The van der Waals surface area contributed by atoms with Gasteiger partial charge in [0.2, 0.25) is 0 Å². The fourth-order valence-electron chi connectivity index (χ4n) is 2.61. The lowest BCUT2D eigenvalue weighted by molar-refractivity contribution is -0.0859. The van der Waals surface area contributed by atoms with Crippen LogP contribution in [0.4, 0.5) is 8.78 Å². The number of rotatable bonds is 12. The molecule has 28 heavy (non-hydrogen) atoms. The van der Waals surface area contributed by atoms with Gasteiger partial charge >= 0.3 is 0 Å². The maximum absolute atomic E-state index is 13.8. The third-order valence-corrected chi connectivity index (χ3v) is 6.06. The zero-order valence-electron chi connectivity index (χ0n) is 16.0. The minimum absolute atomic E-state index is 0.0142. The molecule has 2 aromatic rings. The van der Waals surface area contributed by atoms with Crippen molar-refractivity contribution < 1.29 is 21.9 Å². The summed E-state index contributed by atoms with van der Waals surface area (Å²) in [6.45, 7) is 1.88. The Balaban J connectivity index is 1.60. The maximum atomic E-state index is 13.8. The molecule has 0 fully saturated rings. The third-order valence-electron chi connectivity index (χ3n) is 4.24. The van der Waals surface area contributed by atoms with Crippen molar-refractivity contribution in [2.75, 3.05) is 25.4 Å². The van der Waals surface area contributed by atoms with Crippen LogP contribution in [0, 0.1) is 6.92 Å². The molecule has 154 valence electrons. The molecule has 2 aromatic carbocycles. The highest BCUT2D eigenvalue weighted by molar-refractivity contribution is 7.91. The fourth-order valence-corrected chi connectivity index (χ4v) is 3.92. The molecular weight excluding hydrogens is 384 g/mol. The van der Waals surface area contributed by atoms with E-state index in [1.807, 2.05) is 37.3 Å². The number of nitrogens with one attached hydrogen (secondary N) is 1. The van der Waals surface area contributed by atoms with Crippen LogP contribution in [-0.2, 0) is 21.2 Å². The van der Waals surface area contributed by atoms with Gasteiger partial charge in [-0.05, 0) is 37.6 Å². The SMILES string of the molecule is Cc1ccc(S(=O)(=O)CCCNCCC(F)(F)COCc2ccccc2)cc1. The van der Waals surface area contributed by atoms with Crippen molar-refractivity contribution in [3.63, 3.8) is 0 Å². The molecule has 1 N–H and O–H groups in total. The second kappa shape index (κ2) is 10.6. The predicted octanol–water partition coefficient (Wildman–Crippen LogP) is 3.99. The van der Waals surface area contributed by atoms with Crippen LogP contribution in [0.25, 0.3) is 0 Å². The first-order valence-corrected chi connectivity index (χ1v) is 10.9. The van der Waals surface area contributed by atoms with Crippen molar-refractivity contribution in [2.45, 2.75) is 37.2 Å². The first-order valence-electron chi connectivity index (χ1n) is 9.28. The molecule has 0 bridgehead atoms. The van der Waals surface area contributed by atoms with Crippen LogP contribution >= 0.6 is 0 Å². The molecule has 0 aliphatic rings. The summed E-state index contributed by atoms with van der Waals surface area (Å²) in [6.07, 6.45) is 0.0127. The van der Waals surface area contributed by atoms with E-state index in [0.29, 0.717) is 17.9 Å². The number of sulfone groups is 1. The number of hydrogen-bond acceptors (Lipinski definition) is 4. The Labute approximate surface area is 165 Å². The molecule has 0 atom stereocenters. The van der Waals surface area contributed by atoms with E-state index in [1.165, 1.54) is 0 Å². The minimum atomic E-state index is -3.34. The van der Waals surface area contributed by atoms with Gasteiger partial charge in [-0.25, -0.2) is 17.2 Å². The van der Waals surface area contributed by atoms with Crippen molar-refractivity contribution in [3.8, 4) is 0 Å². The summed E-state index contributed by atoms with van der Waals surface area (Å²) in [6, 6.07) is 15.9. The number of alkyl halides is 2. The topological polar surface area (TPSA) is 55.4 Å². The van der Waals surface area contributed by atoms with Crippen molar-refractivity contribution >= 4 is 9.84 Å². The van der Waals surface area contributed by atoms with Gasteiger partial charge in [0.1, 0.15) is 6.61 Å². The Morgan fingerprint density at radius 3 is 2.36 bits per heavy atom. The third kappa shape index (κ3) is 8.04. The molecule has 0 saturated carbocycles. The second-order valence-corrected chi connectivity index (χ2v) is 8.93. The van der Waals surface area contributed by atoms with Crippen LogP contribution in [0.1, 0.15) is 24.0 Å². The highest BCUT2D eigenvalue weighted by atomic mass is 32.2. The smallest absolute Gasteiger partial charge is 0.272 e. The van der Waals surface area contributed by atoms with Crippen LogP contribution in [-0.4, -0.2) is 39.8 Å². The normalized spacial score (nSPS) is 12.2. The van der Waals surface area contributed by atoms with Crippen LogP contribution in [0.2, 0.25) is 0 Å². The monoisotopic (exact) mass is 411 g/mol. The van der Waals surface area contributed by atoms with Crippen molar-refractivity contribution in [3.05, 3.63) is 65.7 Å². The highest BCUT2D eigenvalue weighted by Gasteiger charge is 2.28. The molecular formula is C21H27F2NO3S. The molecule has 0 aromatic heterocycles. The van der Waals surface area contributed by atoms with E-state index in [0.717, 1.165) is 11.1 Å². The summed E-state index contributed by atoms with van der Waals surface area (Å²) in [5, 5.41) is 2.88. The summed E-state index contributed by atoms with van der Waals surface area (Å²) in [4.78, 5) is 0.292. The summed E-state index contributed by atoms with van der Waals surface area (Å²) in [5.41, 5.74) is 1.85. The first-order chi connectivity index (χ1) is 13.3. The van der Waals surface area contributed by atoms with E-state index < -0.39 is 22.4 Å². The first kappa shape index (κ1) is 22.5. The Hall–Kier alpha value is -1.83. The van der Waals surface area contributed by atoms with Crippen LogP contribution in [0.3, 0.4) is 0 Å². The van der Waals surface area contributed by atoms with Gasteiger partial charge in [0.25, 0.3) is 5.92 Å². The largest absolute Gasteiger partial charge is 0.371 e. The number of hydrogen-bond donors (Lipinski definition) is 1. The molecule has 0 spiro atoms. The van der Waals surface area contributed by atoms with E-state index in [-0.39, 0.29) is 25.3 Å². The molecule has 0 radical (unpaired) electrons. The average Bonchev–Trinajstić information content (AvgIpc) is 2.65. The molecule has 2 rings (SSSR count). The zero-order chi connectivity index (χ0) is 20.5. The zero-order valence-corrected chi connectivity index (χ0v) is 16.9. The summed E-state index contributed by atoms with van der Waals surface area (Å²) < 4.78 is 57.2. The Kier molecular flexibility index (Phi) is 8.54. The van der Waals surface area contributed by atoms with Crippen molar-refractivity contribution in [2.24, 2.45) is 0 Å². The highest BCUT2D eigenvalue weighted by Crippen LogP contribution is 2.19. The molecule has 0 aliphatic carbocycles. The van der Waals surface area contributed by atoms with E-state index in [9.17, 15) is 17.2 Å². The van der Waals surface area contributed by atoms with Crippen LogP contribution in [0.5, 0.6) is 0 Å². The van der Waals surface area contributed by atoms with Gasteiger partial charge in [-0.3, -0.25) is 0 Å². The van der Waals surface area contributed by atoms with Gasteiger partial charge in [-0.2, -0.15) is 0 Å². The lowest BCUT2D eigenvalue weighted by Gasteiger charge is -2.17. The van der Waals surface area contributed by atoms with Gasteiger partial charge in [0.05, 0.1) is 17.3 Å². The molecule has 0 saturated heterocycles. The molecule has 4 nitrogen and oxygen atoms in total. The van der Waals surface area contributed by atoms with Gasteiger partial charge < -0.3 is 10.1 Å². The van der Waals surface area contributed by atoms with Crippen LogP contribution < -0.4 is 5.32 Å². The van der Waals surface area contributed by atoms with E-state index in [1.54, 1.807) is 24.3 Å². The average molecular weight is 412 g/mol. The van der Waals surface area contributed by atoms with Crippen LogP contribution in [0.15, 0.2) is 59.5 Å². The molecule has 0 aliphatic heterocycles. The lowest BCUT2D eigenvalue weighted by atomic mass is 10.2. The number of benzene rings is 2. The number of aryl methyl sites for hydroxylation is 1. The Morgan fingerprint density at radius 2 is 1.68 bits per heavy atom. The lowest BCUT2D eigenvalue weighted by Crippen LogP contribution is -2.30. The van der Waals surface area contributed by atoms with Gasteiger partial charge in [0.15, 0.2) is 9.84 Å². The number of halogens is 2. The van der Waals surface area contributed by atoms with Gasteiger partial charge in [-0.15, -0.1) is 0 Å². The molecule has 0 heterocycles. The molecule has 0 amide bonds. The summed E-state index contributed by atoms with van der Waals surface area (Å²) >= 11 is 0. The van der Waals surface area contributed by atoms with E-state index in [4.69, 9.17) is 4.74 Å². The van der Waals surface area contributed by atoms with Gasteiger partial charge in [0, 0.05) is 13.0 Å². The Bertz CT molecular complexity index is 809. The fraction of sp³-hybridized carbons (Fsp3) is 0.429. The molecule has 7 heteroatoms. The standard InChI is InChI=1S/C21H27F2NO3S/c1-18-8-10-20(11-9-18)28(25,26)15-5-13-24-14-12-21(22,23)17-27-16-19-6-3-2-4-7-19/h2-4,6-11,24H,5,12-17H2,1H3. The van der Waals surface area contributed by atoms with Crippen molar-refractivity contribution in [1.29, 1.82) is 0 Å². The maximum Gasteiger partial charge on any atom is 0.272 e. The van der Waals surface area contributed by atoms with Crippen molar-refractivity contribution in [1.82, 2.24) is 5.32 Å². The number of ether oxygens (including phenoxy) is 1.